The first-order valence-electron chi connectivity index (χ1n) is 3.81. The number of hydrogen-bond donors (Lipinski definition) is 1. The van der Waals surface area contributed by atoms with Crippen molar-refractivity contribution < 1.29 is 21.9 Å². The van der Waals surface area contributed by atoms with Gasteiger partial charge in [-0.3, -0.25) is 4.79 Å². The van der Waals surface area contributed by atoms with E-state index in [-0.39, 0.29) is 0 Å². The van der Waals surface area contributed by atoms with E-state index in [0.29, 0.717) is 6.20 Å². The van der Waals surface area contributed by atoms with E-state index < -0.39 is 37.2 Å². The zero-order chi connectivity index (χ0) is 12.5. The number of ether oxygens (including phenoxy) is 1. The Morgan fingerprint density at radius 3 is 2.44 bits per heavy atom. The van der Waals surface area contributed by atoms with Crippen LogP contribution in [-0.2, 0) is 9.05 Å². The van der Waals surface area contributed by atoms with Crippen LogP contribution in [0.25, 0.3) is 0 Å². The minimum atomic E-state index is -4.26. The van der Waals surface area contributed by atoms with Gasteiger partial charge in [0.05, 0.1) is 12.7 Å². The first-order chi connectivity index (χ1) is 7.29. The number of nitrogens with one attached hydrogen (secondary N) is 1. The van der Waals surface area contributed by atoms with Gasteiger partial charge in [0.2, 0.25) is 11.2 Å². The maximum atomic E-state index is 12.3. The number of halogens is 3. The van der Waals surface area contributed by atoms with E-state index in [0.717, 1.165) is 7.11 Å². The summed E-state index contributed by atoms with van der Waals surface area (Å²) in [6.45, 7) is 0. The monoisotopic (exact) mass is 273 g/mol. The molecule has 0 unspecified atom stereocenters. The van der Waals surface area contributed by atoms with E-state index in [1.807, 2.05) is 4.98 Å². The number of alkyl halides is 2. The number of aromatic nitrogens is 1. The minimum Gasteiger partial charge on any atom is -0.490 e. The molecule has 0 aliphatic rings. The van der Waals surface area contributed by atoms with Gasteiger partial charge in [0.25, 0.3) is 15.5 Å². The van der Waals surface area contributed by atoms with Crippen LogP contribution in [0.15, 0.2) is 16.0 Å². The average molecular weight is 274 g/mol. The maximum Gasteiger partial charge on any atom is 0.280 e. The summed E-state index contributed by atoms with van der Waals surface area (Å²) in [5.41, 5.74) is -2.10. The lowest BCUT2D eigenvalue weighted by molar-refractivity contribution is 0.149. The molecule has 1 N–H and O–H groups in total. The highest BCUT2D eigenvalue weighted by Gasteiger charge is 2.24. The number of rotatable bonds is 3. The zero-order valence-corrected chi connectivity index (χ0v) is 9.40. The predicted octanol–water partition coefficient (Wildman–Crippen LogP) is 1.25. The Morgan fingerprint density at radius 1 is 1.50 bits per heavy atom. The maximum absolute atomic E-state index is 12.3. The predicted molar refractivity (Wildman–Crippen MR) is 51.6 cm³/mol. The third-order valence-electron chi connectivity index (χ3n) is 1.72. The van der Waals surface area contributed by atoms with E-state index in [2.05, 4.69) is 4.74 Å². The van der Waals surface area contributed by atoms with Crippen LogP contribution in [0, 0.1) is 0 Å². The third kappa shape index (κ3) is 2.33. The average Bonchev–Trinajstić information content (AvgIpc) is 2.15. The summed E-state index contributed by atoms with van der Waals surface area (Å²) in [6, 6.07) is 0. The van der Waals surface area contributed by atoms with Crippen molar-refractivity contribution in [3.05, 3.63) is 22.0 Å². The highest BCUT2D eigenvalue weighted by Crippen LogP contribution is 2.24. The van der Waals surface area contributed by atoms with Crippen LogP contribution in [-0.4, -0.2) is 20.5 Å². The Labute approximate surface area is 93.4 Å². The summed E-state index contributed by atoms with van der Waals surface area (Å²) >= 11 is 0. The molecule has 0 spiro atoms. The molecule has 1 aromatic heterocycles. The zero-order valence-electron chi connectivity index (χ0n) is 7.83. The second-order valence-corrected chi connectivity index (χ2v) is 5.18. The van der Waals surface area contributed by atoms with E-state index in [1.165, 1.54) is 0 Å². The van der Waals surface area contributed by atoms with Crippen LogP contribution >= 0.6 is 10.7 Å². The van der Waals surface area contributed by atoms with Gasteiger partial charge in [-0.05, 0) is 0 Å². The molecular weight excluding hydrogens is 268 g/mol. The van der Waals surface area contributed by atoms with E-state index in [9.17, 15) is 22.0 Å². The van der Waals surface area contributed by atoms with Gasteiger partial charge in [-0.1, -0.05) is 0 Å². The quantitative estimate of drug-likeness (QED) is 0.841. The fourth-order valence-electron chi connectivity index (χ4n) is 1.04. The summed E-state index contributed by atoms with van der Waals surface area (Å²) in [5.74, 6) is -0.757. The molecule has 1 rings (SSSR count). The lowest BCUT2D eigenvalue weighted by Gasteiger charge is -2.06. The van der Waals surface area contributed by atoms with Crippen LogP contribution in [0.5, 0.6) is 5.75 Å². The first-order valence-corrected chi connectivity index (χ1v) is 6.12. The van der Waals surface area contributed by atoms with E-state index in [1.54, 1.807) is 0 Å². The largest absolute Gasteiger partial charge is 0.490 e. The van der Waals surface area contributed by atoms with Crippen molar-refractivity contribution in [3.8, 4) is 5.75 Å². The van der Waals surface area contributed by atoms with Gasteiger partial charge >= 0.3 is 0 Å². The molecule has 1 aromatic rings. The van der Waals surface area contributed by atoms with Crippen molar-refractivity contribution in [3.63, 3.8) is 0 Å². The van der Waals surface area contributed by atoms with E-state index >= 15 is 0 Å². The van der Waals surface area contributed by atoms with E-state index in [4.69, 9.17) is 10.7 Å². The van der Waals surface area contributed by atoms with Crippen molar-refractivity contribution >= 4 is 19.7 Å². The second-order valence-electron chi connectivity index (χ2n) is 2.67. The summed E-state index contributed by atoms with van der Waals surface area (Å²) in [5, 5.41) is -0.744. The van der Waals surface area contributed by atoms with Crippen molar-refractivity contribution in [2.75, 3.05) is 7.11 Å². The fourth-order valence-corrected chi connectivity index (χ4v) is 1.98. The molecule has 0 aliphatic carbocycles. The van der Waals surface area contributed by atoms with Crippen LogP contribution in [0.2, 0.25) is 0 Å². The smallest absolute Gasteiger partial charge is 0.280 e. The van der Waals surface area contributed by atoms with Gasteiger partial charge < -0.3 is 9.72 Å². The molecule has 0 aliphatic heterocycles. The second kappa shape index (κ2) is 4.38. The fraction of sp³-hybridized carbons (Fsp3) is 0.286. The standard InChI is InChI=1S/C7H6ClF2NO4S/c1-15-5-4(12)3(6(9)10)2-11-7(5)16(8,13)14/h2,6H,1H3,(H,11,12). The lowest BCUT2D eigenvalue weighted by atomic mass is 10.3. The number of methoxy groups -OCH3 is 1. The highest BCUT2D eigenvalue weighted by molar-refractivity contribution is 8.13. The summed E-state index contributed by atoms with van der Waals surface area (Å²) < 4.78 is 51.0. The van der Waals surface area contributed by atoms with Gasteiger partial charge in [-0.15, -0.1) is 0 Å². The van der Waals surface area contributed by atoms with Crippen molar-refractivity contribution in [2.24, 2.45) is 0 Å². The van der Waals surface area contributed by atoms with Gasteiger partial charge in [0.1, 0.15) is 0 Å². The van der Waals surface area contributed by atoms with Crippen molar-refractivity contribution in [2.45, 2.75) is 11.5 Å². The molecule has 0 fully saturated rings. The van der Waals surface area contributed by atoms with Crippen LogP contribution in [0.3, 0.4) is 0 Å². The van der Waals surface area contributed by atoms with Crippen LogP contribution < -0.4 is 10.2 Å². The number of pyridine rings is 1. The number of hydrogen-bond acceptors (Lipinski definition) is 4. The van der Waals surface area contributed by atoms with Crippen LogP contribution in [0.1, 0.15) is 12.0 Å². The van der Waals surface area contributed by atoms with Gasteiger partial charge in [-0.2, -0.15) is 0 Å². The van der Waals surface area contributed by atoms with Crippen LogP contribution in [0.4, 0.5) is 8.78 Å². The summed E-state index contributed by atoms with van der Waals surface area (Å²) in [4.78, 5) is 13.4. The van der Waals surface area contributed by atoms with Crippen molar-refractivity contribution in [1.29, 1.82) is 0 Å². The topological polar surface area (TPSA) is 76.2 Å². The molecular formula is C7H6ClF2NO4S. The molecule has 0 bridgehead atoms. The Balaban J connectivity index is 3.61. The molecule has 0 saturated heterocycles. The third-order valence-corrected chi connectivity index (χ3v) is 2.97. The molecule has 9 heteroatoms. The molecule has 0 amide bonds. The Kier molecular flexibility index (Phi) is 3.54. The summed E-state index contributed by atoms with van der Waals surface area (Å²) in [7, 11) is 1.69. The van der Waals surface area contributed by atoms with Gasteiger partial charge in [-0.25, -0.2) is 17.2 Å². The van der Waals surface area contributed by atoms with Gasteiger partial charge in [0.15, 0.2) is 5.03 Å². The molecule has 5 nitrogen and oxygen atoms in total. The molecule has 90 valence electrons. The molecule has 0 saturated carbocycles. The SMILES string of the molecule is COc1c(S(=O)(=O)Cl)[nH]cc(C(F)F)c1=O. The normalized spacial score (nSPS) is 11.8. The Hall–Kier alpha value is -1.15. The Morgan fingerprint density at radius 2 is 2.06 bits per heavy atom. The molecule has 0 aromatic carbocycles. The molecule has 1 heterocycles. The Bertz CT molecular complexity index is 554. The highest BCUT2D eigenvalue weighted by atomic mass is 35.7. The summed E-state index contributed by atoms with van der Waals surface area (Å²) in [6.07, 6.45) is -2.45. The van der Waals surface area contributed by atoms with Crippen molar-refractivity contribution in [1.82, 2.24) is 4.98 Å². The lowest BCUT2D eigenvalue weighted by Crippen LogP contribution is -2.16. The number of H-pyrrole nitrogens is 1. The molecule has 16 heavy (non-hydrogen) atoms. The molecule has 0 radical (unpaired) electrons. The number of aromatic amines is 1. The first kappa shape index (κ1) is 12.9. The minimum absolute atomic E-state index is 0.588. The molecule has 0 atom stereocenters. The van der Waals surface area contributed by atoms with Gasteiger partial charge in [0, 0.05) is 16.9 Å².